The first-order valence-electron chi connectivity index (χ1n) is 8.82. The fourth-order valence-electron chi connectivity index (χ4n) is 2.80. The number of hydrogen-bond acceptors (Lipinski definition) is 4. The Morgan fingerprint density at radius 2 is 1.68 bits per heavy atom. The third-order valence-corrected chi connectivity index (χ3v) is 4.25. The van der Waals surface area contributed by atoms with Gasteiger partial charge in [-0.1, -0.05) is 17.3 Å². The number of nitrogens with one attached hydrogen (secondary N) is 2. The second kappa shape index (κ2) is 8.42. The number of nitrogens with zero attached hydrogens (tertiary/aromatic N) is 3. The van der Waals surface area contributed by atoms with E-state index in [-0.39, 0.29) is 5.69 Å². The maximum Gasteiger partial charge on any atom is 0.435 e. The van der Waals surface area contributed by atoms with Gasteiger partial charge in [0, 0.05) is 5.69 Å². The minimum atomic E-state index is -4.95. The highest BCUT2D eigenvalue weighted by Crippen LogP contribution is 2.33. The Labute approximate surface area is 173 Å². The van der Waals surface area contributed by atoms with Crippen molar-refractivity contribution in [2.24, 2.45) is 5.73 Å². The molecular formula is C19H16F4N6O2. The zero-order valence-corrected chi connectivity index (χ0v) is 15.9. The van der Waals surface area contributed by atoms with Crippen molar-refractivity contribution in [3.8, 4) is 5.69 Å². The van der Waals surface area contributed by atoms with Crippen LogP contribution in [-0.2, 0) is 6.18 Å². The summed E-state index contributed by atoms with van der Waals surface area (Å²) >= 11 is 0. The molecule has 1 atom stereocenters. The molecule has 1 heterocycles. The molecule has 0 radical (unpaired) electrons. The molecule has 0 aliphatic heterocycles. The van der Waals surface area contributed by atoms with Crippen LogP contribution in [0.3, 0.4) is 0 Å². The first kappa shape index (κ1) is 21.7. The number of hydrogen-bond donors (Lipinski definition) is 3. The van der Waals surface area contributed by atoms with E-state index in [1.165, 1.54) is 12.1 Å². The Bertz CT molecular complexity index is 1090. The number of aromatic nitrogens is 3. The van der Waals surface area contributed by atoms with Gasteiger partial charge in [-0.3, -0.25) is 4.79 Å². The number of alkyl halides is 3. The minimum Gasteiger partial charge on any atom is -0.351 e. The van der Waals surface area contributed by atoms with Crippen LogP contribution in [0, 0.1) is 5.82 Å². The van der Waals surface area contributed by atoms with Gasteiger partial charge < -0.3 is 16.4 Å². The molecule has 12 heteroatoms. The van der Waals surface area contributed by atoms with E-state index >= 15 is 0 Å². The lowest BCUT2D eigenvalue weighted by molar-refractivity contribution is -0.143. The molecule has 0 saturated heterocycles. The number of carbonyl (C=O) groups is 2. The number of anilines is 1. The third-order valence-electron chi connectivity index (χ3n) is 4.25. The second-order valence-corrected chi connectivity index (χ2v) is 6.48. The fourth-order valence-corrected chi connectivity index (χ4v) is 2.80. The summed E-state index contributed by atoms with van der Waals surface area (Å²) < 4.78 is 54.6. The first-order chi connectivity index (χ1) is 14.6. The lowest BCUT2D eigenvalue weighted by Crippen LogP contribution is -2.29. The van der Waals surface area contributed by atoms with Crippen LogP contribution in [0.25, 0.3) is 5.69 Å². The lowest BCUT2D eigenvalue weighted by Gasteiger charge is -2.15. The van der Waals surface area contributed by atoms with E-state index < -0.39 is 41.4 Å². The summed E-state index contributed by atoms with van der Waals surface area (Å²) in [6.45, 7) is 1.56. The van der Waals surface area contributed by atoms with Crippen molar-refractivity contribution < 1.29 is 27.2 Å². The molecule has 162 valence electrons. The molecule has 4 N–H and O–H groups in total. The number of urea groups is 1. The van der Waals surface area contributed by atoms with Gasteiger partial charge in [0.1, 0.15) is 5.82 Å². The van der Waals surface area contributed by atoms with Gasteiger partial charge in [0.2, 0.25) is 0 Å². The van der Waals surface area contributed by atoms with E-state index in [2.05, 4.69) is 20.9 Å². The molecule has 0 saturated carbocycles. The molecule has 0 fully saturated rings. The summed E-state index contributed by atoms with van der Waals surface area (Å²) in [6.07, 6.45) is -4.95. The molecule has 31 heavy (non-hydrogen) atoms. The maximum absolute atomic E-state index is 13.7. The van der Waals surface area contributed by atoms with Crippen LogP contribution in [0.1, 0.15) is 34.7 Å². The van der Waals surface area contributed by atoms with Gasteiger partial charge in [0.15, 0.2) is 11.4 Å². The third kappa shape index (κ3) is 4.97. The van der Waals surface area contributed by atoms with Gasteiger partial charge in [-0.15, -0.1) is 5.10 Å². The number of benzene rings is 2. The number of amides is 3. The van der Waals surface area contributed by atoms with E-state index in [4.69, 9.17) is 5.73 Å². The summed E-state index contributed by atoms with van der Waals surface area (Å²) in [5, 5.41) is 11.6. The molecule has 0 spiro atoms. The minimum absolute atomic E-state index is 0.106. The molecule has 2 aromatic carbocycles. The number of nitrogens with two attached hydrogens (primary N) is 1. The summed E-state index contributed by atoms with van der Waals surface area (Å²) in [4.78, 5) is 23.4. The smallest absolute Gasteiger partial charge is 0.351 e. The van der Waals surface area contributed by atoms with Crippen LogP contribution in [0.15, 0.2) is 48.5 Å². The fraction of sp³-hybridized carbons (Fsp3) is 0.158. The van der Waals surface area contributed by atoms with Crippen LogP contribution in [-0.4, -0.2) is 26.9 Å². The Hall–Kier alpha value is -3.96. The predicted octanol–water partition coefficient (Wildman–Crippen LogP) is 3.41. The molecule has 0 aliphatic rings. The second-order valence-electron chi connectivity index (χ2n) is 6.48. The quantitative estimate of drug-likeness (QED) is 0.532. The highest BCUT2D eigenvalue weighted by Gasteiger charge is 2.42. The normalized spacial score (nSPS) is 12.3. The highest BCUT2D eigenvalue weighted by atomic mass is 19.4. The lowest BCUT2D eigenvalue weighted by atomic mass is 10.1. The first-order valence-corrected chi connectivity index (χ1v) is 8.82. The molecule has 1 aromatic heterocycles. The highest BCUT2D eigenvalue weighted by molar-refractivity contribution is 5.94. The van der Waals surface area contributed by atoms with Crippen molar-refractivity contribution in [2.75, 3.05) is 5.32 Å². The summed E-state index contributed by atoms with van der Waals surface area (Å²) in [7, 11) is 0. The number of carbonyl (C=O) groups excluding carboxylic acids is 2. The molecule has 8 nitrogen and oxygen atoms in total. The van der Waals surface area contributed by atoms with Crippen LogP contribution in [0.5, 0.6) is 0 Å². The van der Waals surface area contributed by atoms with Gasteiger partial charge in [0.05, 0.1) is 11.7 Å². The SMILES string of the molecule is CC(NC(=O)c1nnn(-c2ccc(F)cc2)c1C(F)(F)F)c1ccc(NC(N)=O)cc1. The van der Waals surface area contributed by atoms with E-state index in [0.29, 0.717) is 15.9 Å². The van der Waals surface area contributed by atoms with E-state index in [9.17, 15) is 27.2 Å². The molecule has 3 amide bonds. The Kier molecular flexibility index (Phi) is 5.90. The van der Waals surface area contributed by atoms with Crippen LogP contribution >= 0.6 is 0 Å². The number of halogens is 4. The predicted molar refractivity (Wildman–Crippen MR) is 102 cm³/mol. The summed E-state index contributed by atoms with van der Waals surface area (Å²) in [5.74, 6) is -1.73. The molecule has 1 unspecified atom stereocenters. The topological polar surface area (TPSA) is 115 Å². The van der Waals surface area contributed by atoms with Crippen molar-refractivity contribution >= 4 is 17.6 Å². The van der Waals surface area contributed by atoms with Crippen LogP contribution in [0.2, 0.25) is 0 Å². The number of rotatable bonds is 5. The number of primary amides is 1. The van der Waals surface area contributed by atoms with Gasteiger partial charge in [-0.2, -0.15) is 13.2 Å². The summed E-state index contributed by atoms with van der Waals surface area (Å²) in [6, 6.07) is 8.85. The largest absolute Gasteiger partial charge is 0.435 e. The molecule has 3 rings (SSSR count). The average molecular weight is 436 g/mol. The zero-order chi connectivity index (χ0) is 22.8. The molecule has 0 aliphatic carbocycles. The van der Waals surface area contributed by atoms with E-state index in [0.717, 1.165) is 24.3 Å². The zero-order valence-electron chi connectivity index (χ0n) is 15.9. The van der Waals surface area contributed by atoms with Crippen molar-refractivity contribution in [2.45, 2.75) is 19.1 Å². The van der Waals surface area contributed by atoms with Crippen molar-refractivity contribution in [1.82, 2.24) is 20.3 Å². The Morgan fingerprint density at radius 3 is 2.23 bits per heavy atom. The van der Waals surface area contributed by atoms with Crippen molar-refractivity contribution in [3.63, 3.8) is 0 Å². The summed E-state index contributed by atoms with van der Waals surface area (Å²) in [5.41, 5.74) is 3.58. The van der Waals surface area contributed by atoms with Crippen LogP contribution in [0.4, 0.5) is 28.0 Å². The van der Waals surface area contributed by atoms with Crippen LogP contribution < -0.4 is 16.4 Å². The van der Waals surface area contributed by atoms with Gasteiger partial charge in [-0.25, -0.2) is 13.9 Å². The van der Waals surface area contributed by atoms with Gasteiger partial charge >= 0.3 is 12.2 Å². The average Bonchev–Trinajstić information content (AvgIpc) is 3.14. The van der Waals surface area contributed by atoms with E-state index in [1.807, 2.05) is 0 Å². The van der Waals surface area contributed by atoms with Gasteiger partial charge in [-0.05, 0) is 48.9 Å². The Balaban J connectivity index is 1.86. The standard InChI is InChI=1S/C19H16F4N6O2/c1-10(11-2-6-13(7-3-11)26-18(24)31)25-17(30)15-16(19(21,22)23)29(28-27-15)14-8-4-12(20)5-9-14/h2-10H,1H3,(H,25,30)(H3,24,26,31). The van der Waals surface area contributed by atoms with E-state index in [1.54, 1.807) is 19.1 Å². The van der Waals surface area contributed by atoms with Crippen molar-refractivity contribution in [3.05, 3.63) is 71.3 Å². The Morgan fingerprint density at radius 1 is 1.06 bits per heavy atom. The molecular weight excluding hydrogens is 420 g/mol. The molecule has 3 aromatic rings. The van der Waals surface area contributed by atoms with Crippen molar-refractivity contribution in [1.29, 1.82) is 0 Å². The maximum atomic E-state index is 13.7. The molecule has 0 bridgehead atoms. The monoisotopic (exact) mass is 436 g/mol. The van der Waals surface area contributed by atoms with Gasteiger partial charge in [0.25, 0.3) is 5.91 Å².